The number of amides is 1. The third kappa shape index (κ3) is 6.82. The van der Waals surface area contributed by atoms with Gasteiger partial charge in [0.2, 0.25) is 0 Å². The lowest BCUT2D eigenvalue weighted by molar-refractivity contribution is -0.137. The highest BCUT2D eigenvalue weighted by molar-refractivity contribution is 6.04. The molecule has 9 nitrogen and oxygen atoms in total. The smallest absolute Gasteiger partial charge is 0.368 e. The normalized spacial score (nSPS) is 15.4. The van der Waals surface area contributed by atoms with Crippen LogP contribution in [0.25, 0.3) is 11.3 Å². The van der Waals surface area contributed by atoms with Gasteiger partial charge in [-0.15, -0.1) is 0 Å². The second kappa shape index (κ2) is 12.5. The van der Waals surface area contributed by atoms with Gasteiger partial charge in [-0.05, 0) is 68.8 Å². The second-order valence-electron chi connectivity index (χ2n) is 10.1. The predicted molar refractivity (Wildman–Crippen MR) is 156 cm³/mol. The topological polar surface area (TPSA) is 108 Å². The van der Waals surface area contributed by atoms with Gasteiger partial charge in [0.05, 0.1) is 16.8 Å². The van der Waals surface area contributed by atoms with Crippen molar-refractivity contribution in [2.24, 2.45) is 0 Å². The maximum absolute atomic E-state index is 13.1. The molecule has 0 aliphatic carbocycles. The zero-order valence-electron chi connectivity index (χ0n) is 23.2. The first-order valence-corrected chi connectivity index (χ1v) is 13.7. The Hall–Kier alpha value is -4.58. The average Bonchev–Trinajstić information content (AvgIpc) is 3.45. The van der Waals surface area contributed by atoms with E-state index >= 15 is 0 Å². The van der Waals surface area contributed by atoms with Crippen molar-refractivity contribution < 1.29 is 18.0 Å². The molecule has 1 aliphatic heterocycles. The van der Waals surface area contributed by atoms with Crippen LogP contribution >= 0.6 is 0 Å². The van der Waals surface area contributed by atoms with Crippen molar-refractivity contribution in [1.29, 1.82) is 0 Å². The van der Waals surface area contributed by atoms with E-state index in [9.17, 15) is 18.0 Å². The largest absolute Gasteiger partial charge is 0.416 e. The average molecular weight is 577 g/mol. The number of aryl methyl sites for hydroxylation is 1. The summed E-state index contributed by atoms with van der Waals surface area (Å²) in [7, 11) is 0. The maximum Gasteiger partial charge on any atom is 0.416 e. The monoisotopic (exact) mass is 576 g/mol. The molecule has 1 aliphatic rings. The molecule has 2 aromatic carbocycles. The molecule has 1 atom stereocenters. The number of hydrogen-bond acceptors (Lipinski definition) is 8. The van der Waals surface area contributed by atoms with Gasteiger partial charge in [-0.2, -0.15) is 13.2 Å². The highest BCUT2D eigenvalue weighted by Crippen LogP contribution is 2.31. The van der Waals surface area contributed by atoms with Gasteiger partial charge in [-0.1, -0.05) is 19.1 Å². The molecular weight excluding hydrogens is 545 g/mol. The molecule has 0 spiro atoms. The van der Waals surface area contributed by atoms with E-state index in [0.29, 0.717) is 40.3 Å². The molecule has 0 saturated carbocycles. The Morgan fingerprint density at radius 1 is 1.07 bits per heavy atom. The van der Waals surface area contributed by atoms with Gasteiger partial charge in [0.25, 0.3) is 5.91 Å². The molecule has 1 fully saturated rings. The number of carbonyl (C=O) groups is 1. The molecule has 3 N–H and O–H groups in total. The van der Waals surface area contributed by atoms with Crippen molar-refractivity contribution >= 4 is 28.9 Å². The van der Waals surface area contributed by atoms with Crippen LogP contribution in [0.3, 0.4) is 0 Å². The van der Waals surface area contributed by atoms with Crippen LogP contribution in [0.2, 0.25) is 0 Å². The summed E-state index contributed by atoms with van der Waals surface area (Å²) in [5, 5.41) is 9.40. The molecule has 5 rings (SSSR count). The van der Waals surface area contributed by atoms with Crippen molar-refractivity contribution in [2.45, 2.75) is 38.9 Å². The summed E-state index contributed by atoms with van der Waals surface area (Å²) in [4.78, 5) is 32.6. The highest BCUT2D eigenvalue weighted by Gasteiger charge is 2.31. The molecular formula is C30H31F3N8O. The number of halogens is 3. The van der Waals surface area contributed by atoms with Crippen LogP contribution in [-0.2, 0) is 6.18 Å². The van der Waals surface area contributed by atoms with Gasteiger partial charge in [0.15, 0.2) is 0 Å². The predicted octanol–water partition coefficient (Wildman–Crippen LogP) is 6.15. The molecule has 218 valence electrons. The fraction of sp³-hybridized carbons (Fsp3) is 0.300. The fourth-order valence-corrected chi connectivity index (χ4v) is 4.98. The van der Waals surface area contributed by atoms with Crippen molar-refractivity contribution in [3.05, 3.63) is 84.1 Å². The summed E-state index contributed by atoms with van der Waals surface area (Å²) in [5.41, 5.74) is 2.20. The fourth-order valence-electron chi connectivity index (χ4n) is 4.98. The number of carbonyl (C=O) groups excluding carboxylic acids is 1. The number of likely N-dealkylation sites (N-methyl/N-ethyl adjacent to an activating group) is 1. The molecule has 0 bridgehead atoms. The van der Waals surface area contributed by atoms with E-state index in [1.54, 1.807) is 24.4 Å². The lowest BCUT2D eigenvalue weighted by Gasteiger charge is -2.23. The zero-order valence-corrected chi connectivity index (χ0v) is 23.2. The zero-order chi connectivity index (χ0) is 29.7. The minimum atomic E-state index is -4.54. The van der Waals surface area contributed by atoms with E-state index in [0.717, 1.165) is 43.8 Å². The van der Waals surface area contributed by atoms with Crippen LogP contribution in [0.15, 0.2) is 67.4 Å². The van der Waals surface area contributed by atoms with Gasteiger partial charge in [0.1, 0.15) is 24.3 Å². The Bertz CT molecular complexity index is 1560. The number of anilines is 4. The number of benzene rings is 2. The minimum Gasteiger partial charge on any atom is -0.368 e. The first-order chi connectivity index (χ1) is 20.2. The summed E-state index contributed by atoms with van der Waals surface area (Å²) in [5.74, 6) is 0.541. The number of alkyl halides is 3. The van der Waals surface area contributed by atoms with Gasteiger partial charge in [0, 0.05) is 41.8 Å². The van der Waals surface area contributed by atoms with Crippen LogP contribution in [0.5, 0.6) is 0 Å². The molecule has 2 aromatic heterocycles. The van der Waals surface area contributed by atoms with Crippen LogP contribution in [0.4, 0.5) is 36.2 Å². The maximum atomic E-state index is 13.1. The van der Waals surface area contributed by atoms with Crippen molar-refractivity contribution in [3.8, 4) is 11.3 Å². The van der Waals surface area contributed by atoms with E-state index in [2.05, 4.69) is 47.7 Å². The molecule has 3 heterocycles. The number of rotatable bonds is 9. The SMILES string of the molecule is CCN1CCCC1CNc1cc(-c2cncnc2Nc2cc(NC(=O)c3cccc(C(F)(F)F)c3)ccc2C)ncn1. The number of nitrogens with one attached hydrogen (secondary N) is 3. The van der Waals surface area contributed by atoms with Crippen LogP contribution in [-0.4, -0.2) is 56.4 Å². The van der Waals surface area contributed by atoms with E-state index in [1.807, 2.05) is 13.0 Å². The molecule has 1 unspecified atom stereocenters. The quantitative estimate of drug-likeness (QED) is 0.218. The summed E-state index contributed by atoms with van der Waals surface area (Å²) in [6.07, 6.45) is 2.38. The van der Waals surface area contributed by atoms with Crippen molar-refractivity contribution in [2.75, 3.05) is 35.6 Å². The van der Waals surface area contributed by atoms with Crippen LogP contribution in [0.1, 0.15) is 41.3 Å². The van der Waals surface area contributed by atoms with Crippen molar-refractivity contribution in [3.63, 3.8) is 0 Å². The number of hydrogen-bond donors (Lipinski definition) is 3. The molecule has 1 amide bonds. The Kier molecular flexibility index (Phi) is 8.62. The molecule has 0 radical (unpaired) electrons. The summed E-state index contributed by atoms with van der Waals surface area (Å²) < 4.78 is 39.3. The number of likely N-dealkylation sites (tertiary alicyclic amines) is 1. The van der Waals surface area contributed by atoms with Crippen LogP contribution in [0, 0.1) is 6.92 Å². The van der Waals surface area contributed by atoms with Gasteiger partial charge in [-0.25, -0.2) is 19.9 Å². The Morgan fingerprint density at radius 2 is 1.93 bits per heavy atom. The van der Waals surface area contributed by atoms with Gasteiger partial charge < -0.3 is 16.0 Å². The first kappa shape index (κ1) is 28.9. The first-order valence-electron chi connectivity index (χ1n) is 13.7. The number of aromatic nitrogens is 4. The van der Waals surface area contributed by atoms with Gasteiger partial charge >= 0.3 is 6.18 Å². The highest BCUT2D eigenvalue weighted by atomic mass is 19.4. The Balaban J connectivity index is 1.33. The molecule has 12 heteroatoms. The summed E-state index contributed by atoms with van der Waals surface area (Å²) in [6, 6.07) is 11.8. The second-order valence-corrected chi connectivity index (χ2v) is 10.1. The molecule has 42 heavy (non-hydrogen) atoms. The van der Waals surface area contributed by atoms with Crippen molar-refractivity contribution in [1.82, 2.24) is 24.8 Å². The summed E-state index contributed by atoms with van der Waals surface area (Å²) in [6.45, 7) is 6.99. The Morgan fingerprint density at radius 3 is 2.74 bits per heavy atom. The van der Waals surface area contributed by atoms with E-state index in [4.69, 9.17) is 0 Å². The van der Waals surface area contributed by atoms with Gasteiger partial charge in [-0.3, -0.25) is 9.69 Å². The third-order valence-electron chi connectivity index (χ3n) is 7.28. The number of nitrogens with zero attached hydrogens (tertiary/aromatic N) is 5. The lowest BCUT2D eigenvalue weighted by atomic mass is 10.1. The van der Waals surface area contributed by atoms with Crippen LogP contribution < -0.4 is 16.0 Å². The van der Waals surface area contributed by atoms with E-state index in [1.165, 1.54) is 31.2 Å². The Labute approximate surface area is 241 Å². The molecule has 4 aromatic rings. The van der Waals surface area contributed by atoms with E-state index in [-0.39, 0.29) is 5.56 Å². The van der Waals surface area contributed by atoms with E-state index < -0.39 is 17.6 Å². The third-order valence-corrected chi connectivity index (χ3v) is 7.28. The lowest BCUT2D eigenvalue weighted by Crippen LogP contribution is -2.34. The standard InChI is InChI=1S/C30H31F3N8O/c1-3-41-11-5-8-23(41)15-35-27-14-26(36-18-37-27)24-16-34-17-38-28(24)40-25-13-22(10-9-19(25)2)39-29(42)20-6-4-7-21(12-20)30(31,32)33/h4,6-7,9-10,12-14,16-18,23H,3,5,8,11,15H2,1-2H3,(H,39,42)(H,34,38,40)(H,35,36,37). The minimum absolute atomic E-state index is 0.0958. The molecule has 1 saturated heterocycles. The summed E-state index contributed by atoms with van der Waals surface area (Å²) >= 11 is 0.